The van der Waals surface area contributed by atoms with E-state index < -0.39 is 5.97 Å². The van der Waals surface area contributed by atoms with Gasteiger partial charge in [0, 0.05) is 0 Å². The van der Waals surface area contributed by atoms with Crippen molar-refractivity contribution >= 4 is 5.97 Å². The molecule has 0 amide bonds. The van der Waals surface area contributed by atoms with Crippen LogP contribution in [0, 0.1) is 0 Å². The monoisotopic (exact) mass is 270 g/mol. The summed E-state index contributed by atoms with van der Waals surface area (Å²) in [5.74, 6) is 0.568. The van der Waals surface area contributed by atoms with Crippen molar-refractivity contribution in [2.24, 2.45) is 0 Å². The predicted octanol–water partition coefficient (Wildman–Crippen LogP) is 2.68. The predicted molar refractivity (Wildman–Crippen MR) is 73.1 cm³/mol. The number of carbonyl (C=O) groups is 1. The van der Waals surface area contributed by atoms with E-state index in [1.807, 2.05) is 12.1 Å². The van der Waals surface area contributed by atoms with Gasteiger partial charge in [0.25, 0.3) is 0 Å². The Labute approximate surface area is 116 Å². The molecule has 0 aromatic heterocycles. The summed E-state index contributed by atoms with van der Waals surface area (Å²) < 4.78 is 16.1. The van der Waals surface area contributed by atoms with Crippen molar-refractivity contribution in [1.82, 2.24) is 0 Å². The highest BCUT2D eigenvalue weighted by Gasteiger charge is 2.24. The van der Waals surface area contributed by atoms with Crippen LogP contribution >= 0.6 is 0 Å². The minimum atomic E-state index is -0.399. The Kier molecular flexibility index (Phi) is 3.65. The van der Waals surface area contributed by atoms with E-state index in [2.05, 4.69) is 0 Å². The first-order valence-corrected chi connectivity index (χ1v) is 6.43. The van der Waals surface area contributed by atoms with Crippen LogP contribution in [0.2, 0.25) is 0 Å². The number of esters is 1. The Bertz CT molecular complexity index is 590. The second-order valence-corrected chi connectivity index (χ2v) is 4.47. The van der Waals surface area contributed by atoms with Crippen molar-refractivity contribution in [2.75, 3.05) is 13.2 Å². The molecule has 0 saturated carbocycles. The number of benzene rings is 2. The van der Waals surface area contributed by atoms with Crippen LogP contribution in [0.15, 0.2) is 54.6 Å². The molecule has 3 rings (SSSR count). The summed E-state index contributed by atoms with van der Waals surface area (Å²) in [6, 6.07) is 16.0. The van der Waals surface area contributed by atoms with Crippen molar-refractivity contribution < 1.29 is 19.0 Å². The minimum absolute atomic E-state index is 0.160. The second kappa shape index (κ2) is 5.75. The van der Waals surface area contributed by atoms with E-state index in [-0.39, 0.29) is 6.10 Å². The number of ether oxygens (including phenoxy) is 3. The largest absolute Gasteiger partial charge is 0.487 e. The highest BCUT2D eigenvalue weighted by atomic mass is 16.6. The molecule has 1 aliphatic rings. The lowest BCUT2D eigenvalue weighted by Crippen LogP contribution is -2.10. The van der Waals surface area contributed by atoms with Gasteiger partial charge in [-0.1, -0.05) is 30.3 Å². The van der Waals surface area contributed by atoms with Gasteiger partial charge in [0.1, 0.15) is 12.7 Å². The molecule has 1 unspecified atom stereocenters. The maximum absolute atomic E-state index is 12.0. The highest BCUT2D eigenvalue weighted by Crippen LogP contribution is 2.28. The van der Waals surface area contributed by atoms with Crippen LogP contribution in [0.1, 0.15) is 10.4 Å². The molecule has 2 aromatic carbocycles. The fourth-order valence-corrected chi connectivity index (χ4v) is 1.73. The van der Waals surface area contributed by atoms with Gasteiger partial charge < -0.3 is 14.2 Å². The first-order chi connectivity index (χ1) is 9.83. The van der Waals surface area contributed by atoms with Crippen molar-refractivity contribution in [3.05, 3.63) is 60.2 Å². The van der Waals surface area contributed by atoms with Crippen molar-refractivity contribution in [3.63, 3.8) is 0 Å². The van der Waals surface area contributed by atoms with E-state index in [1.54, 1.807) is 42.5 Å². The molecule has 0 spiro atoms. The van der Waals surface area contributed by atoms with E-state index in [1.165, 1.54) is 0 Å². The van der Waals surface area contributed by atoms with Gasteiger partial charge in [-0.15, -0.1) is 0 Å². The standard InChI is InChI=1S/C16H14O4/c17-16(12-6-2-1-3-7-12)20-15-9-5-4-8-14(15)19-11-13-10-18-13/h1-9,13H,10-11H2. The molecule has 4 heteroatoms. The highest BCUT2D eigenvalue weighted by molar-refractivity contribution is 5.91. The third-order valence-electron chi connectivity index (χ3n) is 2.89. The summed E-state index contributed by atoms with van der Waals surface area (Å²) in [5.41, 5.74) is 0.507. The van der Waals surface area contributed by atoms with E-state index in [4.69, 9.17) is 14.2 Å². The first kappa shape index (κ1) is 12.7. The molecular weight excluding hydrogens is 256 g/mol. The number of epoxide rings is 1. The molecule has 0 aliphatic carbocycles. The summed E-state index contributed by atoms with van der Waals surface area (Å²) in [7, 11) is 0. The summed E-state index contributed by atoms with van der Waals surface area (Å²) in [4.78, 5) is 12.0. The lowest BCUT2D eigenvalue weighted by Gasteiger charge is -2.10. The summed E-state index contributed by atoms with van der Waals surface area (Å²) >= 11 is 0. The molecule has 0 radical (unpaired) electrons. The molecule has 1 heterocycles. The molecule has 102 valence electrons. The van der Waals surface area contributed by atoms with Crippen molar-refractivity contribution in [3.8, 4) is 11.5 Å². The Balaban J connectivity index is 1.71. The van der Waals surface area contributed by atoms with Crippen LogP contribution in [0.4, 0.5) is 0 Å². The zero-order valence-corrected chi connectivity index (χ0v) is 10.8. The van der Waals surface area contributed by atoms with Crippen LogP contribution < -0.4 is 9.47 Å². The maximum atomic E-state index is 12.0. The minimum Gasteiger partial charge on any atom is -0.487 e. The van der Waals surface area contributed by atoms with E-state index in [9.17, 15) is 4.79 Å². The Morgan fingerprint density at radius 3 is 2.40 bits per heavy atom. The smallest absolute Gasteiger partial charge is 0.343 e. The number of hydrogen-bond acceptors (Lipinski definition) is 4. The van der Waals surface area contributed by atoms with Gasteiger partial charge in [-0.3, -0.25) is 0 Å². The Morgan fingerprint density at radius 2 is 1.70 bits per heavy atom. The van der Waals surface area contributed by atoms with Gasteiger partial charge in [0.05, 0.1) is 12.2 Å². The zero-order chi connectivity index (χ0) is 13.8. The molecule has 0 bridgehead atoms. The molecule has 20 heavy (non-hydrogen) atoms. The lowest BCUT2D eigenvalue weighted by atomic mass is 10.2. The second-order valence-electron chi connectivity index (χ2n) is 4.47. The van der Waals surface area contributed by atoms with Crippen LogP contribution in [-0.4, -0.2) is 25.3 Å². The molecular formula is C16H14O4. The number of hydrogen-bond donors (Lipinski definition) is 0. The lowest BCUT2D eigenvalue weighted by molar-refractivity contribution is 0.0727. The molecule has 1 aliphatic heterocycles. The van der Waals surface area contributed by atoms with Gasteiger partial charge in [0.15, 0.2) is 11.5 Å². The number of para-hydroxylation sites is 2. The third-order valence-corrected chi connectivity index (χ3v) is 2.89. The van der Waals surface area contributed by atoms with Crippen LogP contribution in [0.3, 0.4) is 0 Å². The maximum Gasteiger partial charge on any atom is 0.343 e. The average molecular weight is 270 g/mol. The topological polar surface area (TPSA) is 48.1 Å². The average Bonchev–Trinajstić information content (AvgIpc) is 3.31. The van der Waals surface area contributed by atoms with E-state index in [0.29, 0.717) is 23.7 Å². The fourth-order valence-electron chi connectivity index (χ4n) is 1.73. The number of carbonyl (C=O) groups excluding carboxylic acids is 1. The molecule has 1 fully saturated rings. The third kappa shape index (κ3) is 3.16. The van der Waals surface area contributed by atoms with Crippen LogP contribution in [0.5, 0.6) is 11.5 Å². The van der Waals surface area contributed by atoms with Crippen molar-refractivity contribution in [1.29, 1.82) is 0 Å². The quantitative estimate of drug-likeness (QED) is 0.476. The van der Waals surface area contributed by atoms with Crippen LogP contribution in [-0.2, 0) is 4.74 Å². The molecule has 1 saturated heterocycles. The fraction of sp³-hybridized carbons (Fsp3) is 0.188. The SMILES string of the molecule is O=C(Oc1ccccc1OCC1CO1)c1ccccc1. The number of rotatable bonds is 5. The van der Waals surface area contributed by atoms with Gasteiger partial charge in [0.2, 0.25) is 0 Å². The zero-order valence-electron chi connectivity index (χ0n) is 10.8. The molecule has 0 N–H and O–H groups in total. The molecule has 1 atom stereocenters. The first-order valence-electron chi connectivity index (χ1n) is 6.43. The van der Waals surface area contributed by atoms with Crippen molar-refractivity contribution in [2.45, 2.75) is 6.10 Å². The summed E-state index contributed by atoms with van der Waals surface area (Å²) in [6.07, 6.45) is 0.160. The Morgan fingerprint density at radius 1 is 1.05 bits per heavy atom. The normalized spacial score (nSPS) is 16.5. The molecule has 2 aromatic rings. The summed E-state index contributed by atoms with van der Waals surface area (Å²) in [5, 5.41) is 0. The van der Waals surface area contributed by atoms with Gasteiger partial charge >= 0.3 is 5.97 Å². The summed E-state index contributed by atoms with van der Waals surface area (Å²) in [6.45, 7) is 1.20. The van der Waals surface area contributed by atoms with Gasteiger partial charge in [-0.2, -0.15) is 0 Å². The van der Waals surface area contributed by atoms with E-state index >= 15 is 0 Å². The molecule has 4 nitrogen and oxygen atoms in total. The van der Waals surface area contributed by atoms with E-state index in [0.717, 1.165) is 6.61 Å². The Hall–Kier alpha value is -2.33. The van der Waals surface area contributed by atoms with Crippen LogP contribution in [0.25, 0.3) is 0 Å². The van der Waals surface area contributed by atoms with Gasteiger partial charge in [-0.25, -0.2) is 4.79 Å². The van der Waals surface area contributed by atoms with Gasteiger partial charge in [-0.05, 0) is 24.3 Å².